The number of halogens is 1. The number of carbonyl (C=O) groups excluding carboxylic acids is 6. The number of carbonyl (C=O) groups is 6. The molecule has 50 heavy (non-hydrogen) atoms. The molecule has 1 aromatic rings. The first-order chi connectivity index (χ1) is 23.8. The van der Waals surface area contributed by atoms with Gasteiger partial charge in [-0.1, -0.05) is 31.6 Å². The first-order valence-electron chi connectivity index (χ1n) is 17.3. The van der Waals surface area contributed by atoms with Crippen molar-refractivity contribution in [3.8, 4) is 0 Å². The lowest BCUT2D eigenvalue weighted by Gasteiger charge is -2.34. The van der Waals surface area contributed by atoms with Crippen LogP contribution in [0.1, 0.15) is 64.9 Å². The van der Waals surface area contributed by atoms with Crippen LogP contribution in [0.2, 0.25) is 0 Å². The Balaban J connectivity index is 1.65. The monoisotopic (exact) mass is 700 g/mol. The number of ether oxygens (including phenoxy) is 1. The van der Waals surface area contributed by atoms with Crippen molar-refractivity contribution in [2.24, 2.45) is 0 Å². The predicted octanol–water partition coefficient (Wildman–Crippen LogP) is 0.376. The Morgan fingerprint density at radius 1 is 1.06 bits per heavy atom. The Labute approximate surface area is 291 Å². The minimum absolute atomic E-state index is 0.0597. The zero-order chi connectivity index (χ0) is 36.5. The third-order valence-corrected chi connectivity index (χ3v) is 9.46. The lowest BCUT2D eigenvalue weighted by Crippen LogP contribution is -2.60. The van der Waals surface area contributed by atoms with Gasteiger partial charge in [0.1, 0.15) is 48.9 Å². The predicted molar refractivity (Wildman–Crippen MR) is 179 cm³/mol. The molecule has 5 amide bonds. The van der Waals surface area contributed by atoms with Crippen LogP contribution in [0.25, 0.3) is 0 Å². The summed E-state index contributed by atoms with van der Waals surface area (Å²) in [5.41, 5.74) is 0.449. The number of cyclic esters (lactones) is 1. The highest BCUT2D eigenvalue weighted by Gasteiger charge is 2.43. The highest BCUT2D eigenvalue weighted by atomic mass is 19.1. The van der Waals surface area contributed by atoms with Crippen LogP contribution in [-0.4, -0.2) is 125 Å². The number of benzene rings is 1. The number of nitrogens with zero attached hydrogens (tertiary/aromatic N) is 3. The molecule has 1 aromatic carbocycles. The molecule has 0 bridgehead atoms. The number of aliphatic hydroxyl groups is 1. The van der Waals surface area contributed by atoms with E-state index in [-0.39, 0.29) is 19.5 Å². The maximum atomic E-state index is 14.2. The van der Waals surface area contributed by atoms with E-state index < -0.39 is 90.4 Å². The fraction of sp³-hybridized carbons (Fsp3) is 0.600. The van der Waals surface area contributed by atoms with Gasteiger partial charge in [-0.3, -0.25) is 29.3 Å². The number of allylic oxidation sites excluding steroid dienone is 1. The largest absolute Gasteiger partial charge is 0.461 e. The molecule has 3 aliphatic rings. The van der Waals surface area contributed by atoms with E-state index in [1.54, 1.807) is 12.1 Å². The van der Waals surface area contributed by atoms with Gasteiger partial charge in [-0.25, -0.2) is 9.18 Å². The topological polar surface area (TPSA) is 178 Å². The molecular weight excluding hydrogens is 651 g/mol. The first-order valence-corrected chi connectivity index (χ1v) is 17.3. The molecule has 3 saturated heterocycles. The van der Waals surface area contributed by atoms with Crippen LogP contribution in [0.15, 0.2) is 36.4 Å². The molecule has 0 aliphatic carbocycles. The fourth-order valence-corrected chi connectivity index (χ4v) is 6.50. The molecule has 15 heteroatoms. The van der Waals surface area contributed by atoms with Crippen molar-refractivity contribution < 1.29 is 43.0 Å². The van der Waals surface area contributed by atoms with Crippen molar-refractivity contribution in [3.63, 3.8) is 0 Å². The molecular formula is C35H49FN6O8. The molecule has 0 saturated carbocycles. The minimum atomic E-state index is -1.45. The van der Waals surface area contributed by atoms with Crippen molar-refractivity contribution in [1.29, 1.82) is 0 Å². The molecule has 4 N–H and O–H groups in total. The van der Waals surface area contributed by atoms with Crippen molar-refractivity contribution in [2.75, 3.05) is 26.7 Å². The Kier molecular flexibility index (Phi) is 13.5. The number of esters is 1. The van der Waals surface area contributed by atoms with Crippen LogP contribution < -0.4 is 16.0 Å². The normalized spacial score (nSPS) is 26.8. The number of unbranched alkanes of at least 4 members (excludes halogenated alkanes) is 1. The van der Waals surface area contributed by atoms with Crippen molar-refractivity contribution in [2.45, 2.75) is 108 Å². The molecule has 0 radical (unpaired) electrons. The molecule has 0 aromatic heterocycles. The van der Waals surface area contributed by atoms with E-state index in [0.29, 0.717) is 37.7 Å². The standard InChI is InChI=1S/C35H49FN6O8/c1-5-6-7-15-29(43)38-25(19-23-11-8-12-24(36)18-23)31(45)39-26-20-50-35(49)28-14-10-17-42(28)32(46)21(2)37-30(44)22(3)40(4)34(48)27-13-9-16-41(27)33(26)47/h7-8,11-12,15,18,21-22,25-29,38,43H,5-6,9-10,13-14,16-17,19-20H2,1-4H3,(H,37,44)(H,39,45)/b15-7+/t21-,22-,25-,26-,27-,28-,29?/m0/s1. The number of hydrogen-bond donors (Lipinski definition) is 4. The first kappa shape index (κ1) is 38.4. The van der Waals surface area contributed by atoms with E-state index >= 15 is 0 Å². The van der Waals surface area contributed by atoms with E-state index in [0.717, 1.165) is 6.42 Å². The van der Waals surface area contributed by atoms with E-state index in [2.05, 4.69) is 16.0 Å². The zero-order valence-electron chi connectivity index (χ0n) is 29.1. The lowest BCUT2D eigenvalue weighted by atomic mass is 10.0. The third-order valence-electron chi connectivity index (χ3n) is 9.46. The molecule has 0 spiro atoms. The summed E-state index contributed by atoms with van der Waals surface area (Å²) in [6.45, 7) is 4.84. The van der Waals surface area contributed by atoms with Crippen molar-refractivity contribution >= 4 is 35.5 Å². The fourth-order valence-electron chi connectivity index (χ4n) is 6.50. The smallest absolute Gasteiger partial charge is 0.328 e. The zero-order valence-corrected chi connectivity index (χ0v) is 29.1. The number of hydrogen-bond acceptors (Lipinski definition) is 9. The van der Waals surface area contributed by atoms with Crippen LogP contribution in [-0.2, 0) is 39.9 Å². The highest BCUT2D eigenvalue weighted by molar-refractivity contribution is 5.97. The lowest BCUT2D eigenvalue weighted by molar-refractivity contribution is -0.158. The Bertz CT molecular complexity index is 1460. The van der Waals surface area contributed by atoms with E-state index in [1.807, 2.05) is 6.92 Å². The second kappa shape index (κ2) is 17.5. The van der Waals surface area contributed by atoms with Crippen molar-refractivity contribution in [1.82, 2.24) is 30.7 Å². The van der Waals surface area contributed by atoms with Gasteiger partial charge in [0.05, 0.1) is 6.04 Å². The summed E-state index contributed by atoms with van der Waals surface area (Å²) in [5, 5.41) is 18.8. The Morgan fingerprint density at radius 3 is 2.42 bits per heavy atom. The molecule has 3 aliphatic heterocycles. The average Bonchev–Trinajstić information content (AvgIpc) is 3.78. The van der Waals surface area contributed by atoms with Gasteiger partial charge in [0, 0.05) is 20.1 Å². The second-order valence-corrected chi connectivity index (χ2v) is 13.1. The Hall–Kier alpha value is -4.37. The van der Waals surface area contributed by atoms with Crippen molar-refractivity contribution in [3.05, 3.63) is 47.8 Å². The maximum absolute atomic E-state index is 14.2. The summed E-state index contributed by atoms with van der Waals surface area (Å²) in [6.07, 6.45) is 5.06. The summed E-state index contributed by atoms with van der Waals surface area (Å²) in [5.74, 6) is -4.28. The van der Waals surface area contributed by atoms with Crippen LogP contribution in [0.3, 0.4) is 0 Å². The van der Waals surface area contributed by atoms with Gasteiger partial charge >= 0.3 is 5.97 Å². The number of nitrogens with one attached hydrogen (secondary N) is 3. The molecule has 3 heterocycles. The van der Waals surface area contributed by atoms with Crippen LogP contribution in [0.5, 0.6) is 0 Å². The van der Waals surface area contributed by atoms with Gasteiger partial charge in [-0.15, -0.1) is 0 Å². The van der Waals surface area contributed by atoms with Gasteiger partial charge in [0.2, 0.25) is 29.5 Å². The summed E-state index contributed by atoms with van der Waals surface area (Å²) in [4.78, 5) is 85.5. The quantitative estimate of drug-likeness (QED) is 0.161. The molecule has 274 valence electrons. The second-order valence-electron chi connectivity index (χ2n) is 13.1. The van der Waals surface area contributed by atoms with Gasteiger partial charge in [0.15, 0.2) is 0 Å². The maximum Gasteiger partial charge on any atom is 0.328 e. The molecule has 14 nitrogen and oxygen atoms in total. The number of fused-ring (bicyclic) bond motifs is 2. The summed E-state index contributed by atoms with van der Waals surface area (Å²) < 4.78 is 19.7. The van der Waals surface area contributed by atoms with Gasteiger partial charge in [-0.2, -0.15) is 0 Å². The highest BCUT2D eigenvalue weighted by Crippen LogP contribution is 2.23. The van der Waals surface area contributed by atoms with E-state index in [9.17, 15) is 38.3 Å². The van der Waals surface area contributed by atoms with Gasteiger partial charge in [-0.05, 0) is 76.1 Å². The summed E-state index contributed by atoms with van der Waals surface area (Å²) >= 11 is 0. The number of likely N-dealkylation sites (N-methyl/N-ethyl adjacent to an activating group) is 1. The average molecular weight is 701 g/mol. The summed E-state index contributed by atoms with van der Waals surface area (Å²) in [6, 6.07) is -0.862. The number of amides is 5. The molecule has 4 rings (SSSR count). The van der Waals surface area contributed by atoms with Gasteiger partial charge in [0.25, 0.3) is 0 Å². The summed E-state index contributed by atoms with van der Waals surface area (Å²) in [7, 11) is 1.45. The minimum Gasteiger partial charge on any atom is -0.461 e. The molecule has 3 fully saturated rings. The molecule has 7 atom stereocenters. The van der Waals surface area contributed by atoms with Crippen LogP contribution >= 0.6 is 0 Å². The third kappa shape index (κ3) is 9.44. The Morgan fingerprint density at radius 2 is 1.74 bits per heavy atom. The number of rotatable bonds is 9. The number of aliphatic hydroxyl groups excluding tert-OH is 1. The van der Waals surface area contributed by atoms with E-state index in [1.165, 1.54) is 59.9 Å². The molecule has 1 unspecified atom stereocenters. The van der Waals surface area contributed by atoms with Crippen LogP contribution in [0, 0.1) is 5.82 Å². The SMILES string of the molecule is CCC/C=C/C(O)N[C@@H](Cc1cccc(F)c1)C(=O)N[C@H]1COC(=O)[C@@H]2CCCN2C(=O)[C@H](C)NC(=O)[C@H](C)N(C)C(=O)[C@@H]2CCCN2C1=O. The van der Waals surface area contributed by atoms with Gasteiger partial charge < -0.3 is 35.2 Å². The van der Waals surface area contributed by atoms with Crippen LogP contribution in [0.4, 0.5) is 4.39 Å². The van der Waals surface area contributed by atoms with E-state index in [4.69, 9.17) is 4.74 Å².